The van der Waals surface area contributed by atoms with Crippen molar-refractivity contribution in [1.29, 1.82) is 0 Å². The average Bonchev–Trinajstić information content (AvgIpc) is 2.29. The van der Waals surface area contributed by atoms with Gasteiger partial charge >= 0.3 is 0 Å². The standard InChI is InChI=1S/C14H16BrClO/c1-9-8-10(5-6-12(9)16)14(2)7-3-4-11(15)13(14)17/h5-6,8,11H,3-4,7H2,1-2H3. The maximum absolute atomic E-state index is 12.4. The fourth-order valence-corrected chi connectivity index (χ4v) is 3.46. The predicted octanol–water partition coefficient (Wildman–Crippen LogP) is 4.42. The maximum atomic E-state index is 12.4. The first-order chi connectivity index (χ1) is 7.95. The second-order valence-electron chi connectivity index (χ2n) is 5.02. The van der Waals surface area contributed by atoms with Gasteiger partial charge in [-0.3, -0.25) is 4.79 Å². The molecule has 0 saturated heterocycles. The van der Waals surface area contributed by atoms with Crippen LogP contribution in [0.2, 0.25) is 5.02 Å². The molecule has 1 aromatic carbocycles. The van der Waals surface area contributed by atoms with Gasteiger partial charge in [0.1, 0.15) is 0 Å². The lowest BCUT2D eigenvalue weighted by atomic mass is 9.70. The molecule has 3 heteroatoms. The van der Waals surface area contributed by atoms with Crippen molar-refractivity contribution in [3.8, 4) is 0 Å². The van der Waals surface area contributed by atoms with Crippen molar-refractivity contribution in [3.63, 3.8) is 0 Å². The Labute approximate surface area is 116 Å². The minimum absolute atomic E-state index is 0.00256. The molecule has 0 bridgehead atoms. The molecule has 0 aliphatic heterocycles. The number of halogens is 2. The molecule has 0 N–H and O–H groups in total. The van der Waals surface area contributed by atoms with Crippen molar-refractivity contribution < 1.29 is 4.79 Å². The van der Waals surface area contributed by atoms with Crippen molar-refractivity contribution in [2.75, 3.05) is 0 Å². The Morgan fingerprint density at radius 1 is 1.47 bits per heavy atom. The largest absolute Gasteiger partial charge is 0.297 e. The molecule has 0 aromatic heterocycles. The maximum Gasteiger partial charge on any atom is 0.156 e. The number of hydrogen-bond donors (Lipinski definition) is 0. The molecule has 92 valence electrons. The van der Waals surface area contributed by atoms with E-state index in [4.69, 9.17) is 11.6 Å². The summed E-state index contributed by atoms with van der Waals surface area (Å²) in [5, 5.41) is 0.760. The highest BCUT2D eigenvalue weighted by atomic mass is 79.9. The van der Waals surface area contributed by atoms with Crippen molar-refractivity contribution in [3.05, 3.63) is 34.3 Å². The van der Waals surface area contributed by atoms with Crippen LogP contribution in [0.5, 0.6) is 0 Å². The first-order valence-electron chi connectivity index (χ1n) is 5.90. The molecule has 0 spiro atoms. The molecule has 1 aromatic rings. The number of aryl methyl sites for hydroxylation is 1. The van der Waals surface area contributed by atoms with E-state index in [0.29, 0.717) is 5.78 Å². The van der Waals surface area contributed by atoms with Gasteiger partial charge in [0, 0.05) is 5.02 Å². The zero-order valence-corrected chi connectivity index (χ0v) is 12.4. The van der Waals surface area contributed by atoms with Gasteiger partial charge in [-0.15, -0.1) is 0 Å². The van der Waals surface area contributed by atoms with Gasteiger partial charge in [-0.1, -0.05) is 46.1 Å². The van der Waals surface area contributed by atoms with Crippen LogP contribution in [0.15, 0.2) is 18.2 Å². The van der Waals surface area contributed by atoms with E-state index in [1.807, 2.05) is 32.0 Å². The van der Waals surface area contributed by atoms with E-state index in [1.165, 1.54) is 0 Å². The van der Waals surface area contributed by atoms with Crippen LogP contribution >= 0.6 is 27.5 Å². The van der Waals surface area contributed by atoms with Gasteiger partial charge < -0.3 is 0 Å². The van der Waals surface area contributed by atoms with Gasteiger partial charge in [0.15, 0.2) is 5.78 Å². The summed E-state index contributed by atoms with van der Waals surface area (Å²) in [5.41, 5.74) is 1.77. The second kappa shape index (κ2) is 4.74. The van der Waals surface area contributed by atoms with Gasteiger partial charge in [0.05, 0.1) is 10.2 Å². The monoisotopic (exact) mass is 314 g/mol. The highest BCUT2D eigenvalue weighted by Crippen LogP contribution is 2.39. The van der Waals surface area contributed by atoms with E-state index in [9.17, 15) is 4.79 Å². The Balaban J connectivity index is 2.43. The summed E-state index contributed by atoms with van der Waals surface area (Å²) >= 11 is 9.52. The van der Waals surface area contributed by atoms with Crippen LogP contribution in [0, 0.1) is 6.92 Å². The van der Waals surface area contributed by atoms with E-state index in [-0.39, 0.29) is 10.2 Å². The molecule has 1 saturated carbocycles. The zero-order chi connectivity index (χ0) is 12.6. The highest BCUT2D eigenvalue weighted by Gasteiger charge is 2.41. The van der Waals surface area contributed by atoms with Crippen LogP contribution in [-0.4, -0.2) is 10.6 Å². The van der Waals surface area contributed by atoms with E-state index in [1.54, 1.807) is 0 Å². The van der Waals surface area contributed by atoms with E-state index < -0.39 is 0 Å². The third-order valence-electron chi connectivity index (χ3n) is 3.76. The molecule has 0 radical (unpaired) electrons. The minimum atomic E-state index is -0.359. The Morgan fingerprint density at radius 3 is 2.82 bits per heavy atom. The molecule has 0 amide bonds. The number of carbonyl (C=O) groups excluding carboxylic acids is 1. The summed E-state index contributed by atoms with van der Waals surface area (Å²) in [6, 6.07) is 5.92. The van der Waals surface area contributed by atoms with Gasteiger partial charge in [-0.25, -0.2) is 0 Å². The lowest BCUT2D eigenvalue weighted by Crippen LogP contribution is -2.41. The van der Waals surface area contributed by atoms with Gasteiger partial charge in [-0.05, 0) is 43.9 Å². The van der Waals surface area contributed by atoms with Crippen LogP contribution in [0.3, 0.4) is 0 Å². The summed E-state index contributed by atoms with van der Waals surface area (Å²) in [7, 11) is 0. The summed E-state index contributed by atoms with van der Waals surface area (Å²) in [4.78, 5) is 12.4. The number of rotatable bonds is 1. The SMILES string of the molecule is Cc1cc(C2(C)CCCC(Br)C2=O)ccc1Cl. The summed E-state index contributed by atoms with van der Waals surface area (Å²) < 4.78 is 0. The first-order valence-corrected chi connectivity index (χ1v) is 7.19. The third-order valence-corrected chi connectivity index (χ3v) is 5.06. The molecule has 1 aliphatic carbocycles. The van der Waals surface area contributed by atoms with E-state index in [0.717, 1.165) is 35.4 Å². The van der Waals surface area contributed by atoms with E-state index >= 15 is 0 Å². The zero-order valence-electron chi connectivity index (χ0n) is 10.1. The molecule has 1 fully saturated rings. The third kappa shape index (κ3) is 2.30. The van der Waals surface area contributed by atoms with Crippen molar-refractivity contribution in [2.24, 2.45) is 0 Å². The minimum Gasteiger partial charge on any atom is -0.297 e. The van der Waals surface area contributed by atoms with Gasteiger partial charge in [0.2, 0.25) is 0 Å². The smallest absolute Gasteiger partial charge is 0.156 e. The molecule has 2 atom stereocenters. The van der Waals surface area contributed by atoms with Crippen molar-refractivity contribution in [2.45, 2.75) is 43.4 Å². The molecule has 1 aliphatic rings. The fourth-order valence-electron chi connectivity index (χ4n) is 2.51. The Hall–Kier alpha value is -0.340. The molecule has 0 heterocycles. The predicted molar refractivity (Wildman–Crippen MR) is 75.1 cm³/mol. The number of hydrogen-bond acceptors (Lipinski definition) is 1. The summed E-state index contributed by atoms with van der Waals surface area (Å²) in [6.45, 7) is 4.03. The van der Waals surface area contributed by atoms with E-state index in [2.05, 4.69) is 15.9 Å². The Kier molecular flexibility index (Phi) is 3.65. The van der Waals surface area contributed by atoms with Crippen LogP contribution < -0.4 is 0 Å². The van der Waals surface area contributed by atoms with Crippen LogP contribution in [0.4, 0.5) is 0 Å². The average molecular weight is 316 g/mol. The number of benzene rings is 1. The van der Waals surface area contributed by atoms with Crippen molar-refractivity contribution >= 4 is 33.3 Å². The topological polar surface area (TPSA) is 17.1 Å². The first kappa shape index (κ1) is 13.1. The molecule has 17 heavy (non-hydrogen) atoms. The molecule has 1 nitrogen and oxygen atoms in total. The number of ketones is 1. The van der Waals surface area contributed by atoms with Gasteiger partial charge in [0.25, 0.3) is 0 Å². The number of Topliss-reactive ketones (excluding diaryl/α,β-unsaturated/α-hetero) is 1. The Morgan fingerprint density at radius 2 is 2.18 bits per heavy atom. The van der Waals surface area contributed by atoms with Crippen LogP contribution in [0.1, 0.15) is 37.3 Å². The lowest BCUT2D eigenvalue weighted by Gasteiger charge is -2.35. The molecular formula is C14H16BrClO. The molecule has 2 unspecified atom stereocenters. The molecular weight excluding hydrogens is 300 g/mol. The second-order valence-corrected chi connectivity index (χ2v) is 6.53. The molecule has 2 rings (SSSR count). The van der Waals surface area contributed by atoms with Crippen molar-refractivity contribution in [1.82, 2.24) is 0 Å². The Bertz CT molecular complexity index is 458. The normalized spacial score (nSPS) is 29.4. The van der Waals surface area contributed by atoms with Crippen LogP contribution in [-0.2, 0) is 10.2 Å². The lowest BCUT2D eigenvalue weighted by molar-refractivity contribution is -0.125. The number of carbonyl (C=O) groups is 1. The highest BCUT2D eigenvalue weighted by molar-refractivity contribution is 9.10. The fraction of sp³-hybridized carbons (Fsp3) is 0.500. The summed E-state index contributed by atoms with van der Waals surface area (Å²) in [6.07, 6.45) is 2.95. The van der Waals surface area contributed by atoms with Gasteiger partial charge in [-0.2, -0.15) is 0 Å². The van der Waals surface area contributed by atoms with Crippen LogP contribution in [0.25, 0.3) is 0 Å². The summed E-state index contributed by atoms with van der Waals surface area (Å²) in [5.74, 6) is 0.297. The quantitative estimate of drug-likeness (QED) is 0.701. The number of alkyl halides is 1.